The molecule has 70 valence electrons. The van der Waals surface area contributed by atoms with Crippen LogP contribution in [-0.4, -0.2) is 28.6 Å². The Morgan fingerprint density at radius 2 is 2.17 bits per heavy atom. The predicted octanol–water partition coefficient (Wildman–Crippen LogP) is 1.17. The Balaban J connectivity index is 3.54. The molecule has 0 aliphatic carbocycles. The SMILES string of the molecule is CCNC(=O)SCC(C)C(=O)O. The lowest BCUT2D eigenvalue weighted by molar-refractivity contribution is -0.140. The van der Waals surface area contributed by atoms with Crippen LogP contribution in [0.2, 0.25) is 0 Å². The Labute approximate surface area is 75.7 Å². The first kappa shape index (κ1) is 11.3. The van der Waals surface area contributed by atoms with Gasteiger partial charge in [0.1, 0.15) is 0 Å². The minimum absolute atomic E-state index is 0.161. The number of nitrogens with one attached hydrogen (secondary N) is 1. The van der Waals surface area contributed by atoms with E-state index in [0.717, 1.165) is 11.8 Å². The monoisotopic (exact) mass is 191 g/mol. The molecule has 1 unspecified atom stereocenters. The van der Waals surface area contributed by atoms with Crippen LogP contribution in [0.15, 0.2) is 0 Å². The second-order valence-corrected chi connectivity index (χ2v) is 3.36. The van der Waals surface area contributed by atoms with Crippen molar-refractivity contribution in [1.82, 2.24) is 5.32 Å². The lowest BCUT2D eigenvalue weighted by Crippen LogP contribution is -2.20. The van der Waals surface area contributed by atoms with Crippen molar-refractivity contribution in [1.29, 1.82) is 0 Å². The second kappa shape index (κ2) is 5.88. The Hall–Kier alpha value is -0.710. The van der Waals surface area contributed by atoms with Crippen molar-refractivity contribution in [2.24, 2.45) is 5.92 Å². The van der Waals surface area contributed by atoms with E-state index >= 15 is 0 Å². The molecule has 0 rings (SSSR count). The van der Waals surface area contributed by atoms with Gasteiger partial charge in [0.2, 0.25) is 0 Å². The van der Waals surface area contributed by atoms with Gasteiger partial charge in [0.05, 0.1) is 5.92 Å². The van der Waals surface area contributed by atoms with Crippen molar-refractivity contribution in [3.63, 3.8) is 0 Å². The van der Waals surface area contributed by atoms with Crippen LogP contribution >= 0.6 is 11.8 Å². The fourth-order valence-electron chi connectivity index (χ4n) is 0.467. The van der Waals surface area contributed by atoms with Crippen LogP contribution in [0.4, 0.5) is 4.79 Å². The maximum atomic E-state index is 10.8. The summed E-state index contributed by atoms with van der Waals surface area (Å²) in [7, 11) is 0. The molecule has 0 aliphatic rings. The number of aliphatic carboxylic acids is 1. The molecule has 0 spiro atoms. The van der Waals surface area contributed by atoms with Crippen LogP contribution < -0.4 is 5.32 Å². The highest BCUT2D eigenvalue weighted by Gasteiger charge is 2.12. The van der Waals surface area contributed by atoms with Gasteiger partial charge in [-0.2, -0.15) is 0 Å². The zero-order chi connectivity index (χ0) is 9.56. The lowest BCUT2D eigenvalue weighted by Gasteiger charge is -2.04. The number of amides is 1. The molecule has 0 aromatic carbocycles. The Morgan fingerprint density at radius 3 is 2.58 bits per heavy atom. The molecule has 0 aromatic heterocycles. The average Bonchev–Trinajstić information content (AvgIpc) is 2.00. The standard InChI is InChI=1S/C7H13NO3S/c1-3-8-7(11)12-4-5(2)6(9)10/h5H,3-4H2,1-2H3,(H,8,11)(H,9,10). The number of carbonyl (C=O) groups is 2. The minimum atomic E-state index is -0.869. The van der Waals surface area contributed by atoms with Crippen LogP contribution in [0, 0.1) is 5.92 Å². The van der Waals surface area contributed by atoms with Crippen LogP contribution in [0.25, 0.3) is 0 Å². The first-order chi connectivity index (χ1) is 5.57. The van der Waals surface area contributed by atoms with Gasteiger partial charge in [-0.05, 0) is 6.92 Å². The molecular weight excluding hydrogens is 178 g/mol. The maximum Gasteiger partial charge on any atom is 0.307 e. The Morgan fingerprint density at radius 1 is 1.58 bits per heavy atom. The number of rotatable bonds is 4. The number of carboxylic acids is 1. The van der Waals surface area contributed by atoms with E-state index in [9.17, 15) is 9.59 Å². The summed E-state index contributed by atoms with van der Waals surface area (Å²) in [4.78, 5) is 21.2. The van der Waals surface area contributed by atoms with E-state index in [1.54, 1.807) is 6.92 Å². The van der Waals surface area contributed by atoms with Gasteiger partial charge >= 0.3 is 5.97 Å². The highest BCUT2D eigenvalue weighted by molar-refractivity contribution is 8.13. The zero-order valence-corrected chi connectivity index (χ0v) is 7.98. The van der Waals surface area contributed by atoms with E-state index in [1.165, 1.54) is 0 Å². The third-order valence-corrected chi connectivity index (χ3v) is 2.28. The molecule has 0 saturated carbocycles. The van der Waals surface area contributed by atoms with Crippen LogP contribution in [0.5, 0.6) is 0 Å². The maximum absolute atomic E-state index is 10.8. The van der Waals surface area contributed by atoms with Crippen LogP contribution in [0.3, 0.4) is 0 Å². The van der Waals surface area contributed by atoms with Crippen molar-refractivity contribution in [2.75, 3.05) is 12.3 Å². The summed E-state index contributed by atoms with van der Waals surface area (Å²) < 4.78 is 0. The quantitative estimate of drug-likeness (QED) is 0.700. The van der Waals surface area contributed by atoms with E-state index < -0.39 is 11.9 Å². The molecule has 0 heterocycles. The summed E-state index contributed by atoms with van der Waals surface area (Å²) in [5.74, 6) is -1.02. The van der Waals surface area contributed by atoms with E-state index in [1.807, 2.05) is 6.92 Å². The van der Waals surface area contributed by atoms with Crippen molar-refractivity contribution in [3.8, 4) is 0 Å². The smallest absolute Gasteiger partial charge is 0.307 e. The molecule has 0 fully saturated rings. The number of hydrogen-bond acceptors (Lipinski definition) is 3. The van der Waals surface area contributed by atoms with Gasteiger partial charge < -0.3 is 10.4 Å². The number of thioether (sulfide) groups is 1. The summed E-state index contributed by atoms with van der Waals surface area (Å²) in [5.41, 5.74) is 0. The normalized spacial score (nSPS) is 12.2. The number of hydrogen-bond donors (Lipinski definition) is 2. The molecule has 4 nitrogen and oxygen atoms in total. The van der Waals surface area contributed by atoms with Crippen LogP contribution in [-0.2, 0) is 4.79 Å². The van der Waals surface area contributed by atoms with Gasteiger partial charge in [-0.1, -0.05) is 18.7 Å². The first-order valence-corrected chi connectivity index (χ1v) is 4.70. The van der Waals surface area contributed by atoms with Gasteiger partial charge in [-0.25, -0.2) is 0 Å². The molecule has 12 heavy (non-hydrogen) atoms. The summed E-state index contributed by atoms with van der Waals surface area (Å²) >= 11 is 1.01. The summed E-state index contributed by atoms with van der Waals surface area (Å²) in [6, 6.07) is 0. The fraction of sp³-hybridized carbons (Fsp3) is 0.714. The van der Waals surface area contributed by atoms with Crippen LogP contribution in [0.1, 0.15) is 13.8 Å². The summed E-state index contributed by atoms with van der Waals surface area (Å²) in [6.07, 6.45) is 0. The minimum Gasteiger partial charge on any atom is -0.481 e. The van der Waals surface area contributed by atoms with Crippen molar-refractivity contribution >= 4 is 23.0 Å². The average molecular weight is 191 g/mol. The van der Waals surface area contributed by atoms with Gasteiger partial charge in [-0.15, -0.1) is 0 Å². The molecule has 0 aliphatic heterocycles. The topological polar surface area (TPSA) is 66.4 Å². The highest BCUT2D eigenvalue weighted by Crippen LogP contribution is 2.08. The van der Waals surface area contributed by atoms with Gasteiger partial charge in [-0.3, -0.25) is 9.59 Å². The molecular formula is C7H13NO3S. The van der Waals surface area contributed by atoms with Crippen molar-refractivity contribution in [2.45, 2.75) is 13.8 Å². The molecule has 2 N–H and O–H groups in total. The number of carbonyl (C=O) groups excluding carboxylic acids is 1. The molecule has 0 bridgehead atoms. The molecule has 0 radical (unpaired) electrons. The third-order valence-electron chi connectivity index (χ3n) is 1.21. The van der Waals surface area contributed by atoms with Gasteiger partial charge in [0.15, 0.2) is 0 Å². The Bertz CT molecular complexity index is 172. The zero-order valence-electron chi connectivity index (χ0n) is 7.16. The molecule has 1 atom stereocenters. The van der Waals surface area contributed by atoms with E-state index in [4.69, 9.17) is 5.11 Å². The second-order valence-electron chi connectivity index (χ2n) is 2.37. The van der Waals surface area contributed by atoms with Gasteiger partial charge in [0, 0.05) is 12.3 Å². The van der Waals surface area contributed by atoms with Crippen molar-refractivity contribution < 1.29 is 14.7 Å². The molecule has 5 heteroatoms. The first-order valence-electron chi connectivity index (χ1n) is 3.71. The third kappa shape index (κ3) is 5.01. The molecule has 0 saturated heterocycles. The molecule has 1 amide bonds. The lowest BCUT2D eigenvalue weighted by atomic mass is 10.2. The number of carboxylic acid groups (broad SMARTS) is 1. The van der Waals surface area contributed by atoms with E-state index in [0.29, 0.717) is 12.3 Å². The van der Waals surface area contributed by atoms with E-state index in [2.05, 4.69) is 5.32 Å². The summed E-state index contributed by atoms with van der Waals surface area (Å²) in [5, 5.41) is 10.9. The predicted molar refractivity (Wildman–Crippen MR) is 48.3 cm³/mol. The van der Waals surface area contributed by atoms with Crippen molar-refractivity contribution in [3.05, 3.63) is 0 Å². The summed E-state index contributed by atoms with van der Waals surface area (Å²) in [6.45, 7) is 3.97. The largest absolute Gasteiger partial charge is 0.481 e. The Kier molecular flexibility index (Phi) is 5.53. The molecule has 0 aromatic rings. The van der Waals surface area contributed by atoms with E-state index in [-0.39, 0.29) is 5.24 Å². The highest BCUT2D eigenvalue weighted by atomic mass is 32.2. The fourth-order valence-corrected chi connectivity index (χ4v) is 1.26. The van der Waals surface area contributed by atoms with Gasteiger partial charge in [0.25, 0.3) is 5.24 Å².